The molecule has 0 bridgehead atoms. The standard InChI is InChI=1S/C29H32N6O2/c1-33(2)29(20-8-5-4-6-9-20)14-12-28(13-15-29)19-35(27(37)32-28)21-16-30-25(31-17-21)22-10-7-11-23-24(22)18-34(3)26(23)36/h4-11,16-17H,12-15,18-19H2,1-3H3,(H,32,37). The molecule has 3 amide bonds. The second-order valence-corrected chi connectivity index (χ2v) is 10.8. The third-order valence-corrected chi connectivity index (χ3v) is 8.62. The summed E-state index contributed by atoms with van der Waals surface area (Å²) in [5.41, 5.74) is 4.25. The zero-order valence-corrected chi connectivity index (χ0v) is 21.6. The van der Waals surface area contributed by atoms with E-state index in [1.807, 2.05) is 18.2 Å². The van der Waals surface area contributed by atoms with E-state index in [-0.39, 0.29) is 23.0 Å². The minimum Gasteiger partial charge on any atom is -0.337 e. The number of hydrogen-bond donors (Lipinski definition) is 1. The summed E-state index contributed by atoms with van der Waals surface area (Å²) in [6.07, 6.45) is 7.19. The van der Waals surface area contributed by atoms with Gasteiger partial charge in [-0.05, 0) is 57.0 Å². The van der Waals surface area contributed by atoms with Gasteiger partial charge in [0.25, 0.3) is 5.91 Å². The molecule has 1 saturated heterocycles. The van der Waals surface area contributed by atoms with E-state index in [0.717, 1.165) is 36.8 Å². The predicted molar refractivity (Wildman–Crippen MR) is 142 cm³/mol. The second kappa shape index (κ2) is 8.66. The quantitative estimate of drug-likeness (QED) is 0.590. The van der Waals surface area contributed by atoms with Crippen LogP contribution in [0, 0.1) is 0 Å². The second-order valence-electron chi connectivity index (χ2n) is 10.8. The van der Waals surface area contributed by atoms with Gasteiger partial charge in [-0.1, -0.05) is 42.5 Å². The molecule has 2 aromatic carbocycles. The molecular formula is C29H32N6O2. The summed E-state index contributed by atoms with van der Waals surface area (Å²) in [4.78, 5) is 40.5. The average molecular weight is 497 g/mol. The van der Waals surface area contributed by atoms with Crippen LogP contribution in [-0.2, 0) is 12.1 Å². The third kappa shape index (κ3) is 3.78. The number of carbonyl (C=O) groups is 2. The maximum Gasteiger partial charge on any atom is 0.322 e. The van der Waals surface area contributed by atoms with Crippen LogP contribution in [0.3, 0.4) is 0 Å². The third-order valence-electron chi connectivity index (χ3n) is 8.62. The minimum atomic E-state index is -0.255. The van der Waals surface area contributed by atoms with Crippen LogP contribution in [0.5, 0.6) is 0 Å². The summed E-state index contributed by atoms with van der Waals surface area (Å²) in [6, 6.07) is 16.3. The number of nitrogens with one attached hydrogen (secondary N) is 1. The fourth-order valence-electron chi connectivity index (χ4n) is 6.37. The predicted octanol–water partition coefficient (Wildman–Crippen LogP) is 4.03. The minimum absolute atomic E-state index is 0.0190. The van der Waals surface area contributed by atoms with Crippen LogP contribution in [-0.4, -0.2) is 64.9 Å². The van der Waals surface area contributed by atoms with Gasteiger partial charge in [-0.2, -0.15) is 0 Å². The highest BCUT2D eigenvalue weighted by atomic mass is 16.2. The highest BCUT2D eigenvalue weighted by Crippen LogP contribution is 2.46. The van der Waals surface area contributed by atoms with Crippen LogP contribution in [0.25, 0.3) is 11.4 Å². The molecule has 1 aromatic heterocycles. The zero-order chi connectivity index (χ0) is 25.8. The van der Waals surface area contributed by atoms with Crippen molar-refractivity contribution in [3.05, 3.63) is 77.6 Å². The van der Waals surface area contributed by atoms with Gasteiger partial charge in [0.05, 0.1) is 30.2 Å². The monoisotopic (exact) mass is 496 g/mol. The largest absolute Gasteiger partial charge is 0.337 e. The van der Waals surface area contributed by atoms with Gasteiger partial charge >= 0.3 is 6.03 Å². The normalized spacial score (nSPS) is 25.2. The van der Waals surface area contributed by atoms with Crippen molar-refractivity contribution in [2.45, 2.75) is 43.3 Å². The molecule has 1 saturated carbocycles. The first-order valence-electron chi connectivity index (χ1n) is 12.8. The van der Waals surface area contributed by atoms with E-state index < -0.39 is 0 Å². The van der Waals surface area contributed by atoms with E-state index in [2.05, 4.69) is 64.6 Å². The Morgan fingerprint density at radius 2 is 1.57 bits per heavy atom. The molecule has 0 radical (unpaired) electrons. The lowest BCUT2D eigenvalue weighted by atomic mass is 9.69. The molecule has 0 atom stereocenters. The van der Waals surface area contributed by atoms with Crippen molar-refractivity contribution < 1.29 is 9.59 Å². The van der Waals surface area contributed by atoms with Gasteiger partial charge in [0, 0.05) is 30.3 Å². The molecule has 6 rings (SSSR count). The van der Waals surface area contributed by atoms with Crippen molar-refractivity contribution in [1.82, 2.24) is 25.1 Å². The van der Waals surface area contributed by atoms with Crippen molar-refractivity contribution in [2.24, 2.45) is 0 Å². The molecule has 1 aliphatic carbocycles. The number of amides is 3. The smallest absolute Gasteiger partial charge is 0.322 e. The summed E-state index contributed by atoms with van der Waals surface area (Å²) < 4.78 is 0. The first kappa shape index (κ1) is 23.6. The molecule has 3 aromatic rings. The van der Waals surface area contributed by atoms with Gasteiger partial charge in [-0.15, -0.1) is 0 Å². The summed E-state index contributed by atoms with van der Waals surface area (Å²) in [6.45, 7) is 1.15. The van der Waals surface area contributed by atoms with Crippen LogP contribution in [0.1, 0.15) is 47.2 Å². The molecule has 8 nitrogen and oxygen atoms in total. The number of hydrogen-bond acceptors (Lipinski definition) is 5. The van der Waals surface area contributed by atoms with Crippen LogP contribution < -0.4 is 10.2 Å². The summed E-state index contributed by atoms with van der Waals surface area (Å²) in [5, 5.41) is 3.31. The lowest BCUT2D eigenvalue weighted by molar-refractivity contribution is 0.0658. The Hall–Kier alpha value is -3.78. The van der Waals surface area contributed by atoms with Crippen molar-refractivity contribution >= 4 is 17.6 Å². The number of rotatable bonds is 4. The SMILES string of the molecule is CN1Cc2c(cccc2-c2ncc(N3CC4(CCC(c5ccccc5)(N(C)C)CC4)NC3=O)cn2)C1=O. The fourth-order valence-corrected chi connectivity index (χ4v) is 6.37. The molecule has 190 valence electrons. The fraction of sp³-hybridized carbons (Fsp3) is 0.379. The van der Waals surface area contributed by atoms with E-state index in [4.69, 9.17) is 0 Å². The number of aromatic nitrogens is 2. The lowest BCUT2D eigenvalue weighted by Gasteiger charge is -2.48. The topological polar surface area (TPSA) is 81.7 Å². The van der Waals surface area contributed by atoms with E-state index >= 15 is 0 Å². The number of carbonyl (C=O) groups excluding carboxylic acids is 2. The molecule has 8 heteroatoms. The average Bonchev–Trinajstić information content (AvgIpc) is 3.40. The maximum atomic E-state index is 13.1. The first-order chi connectivity index (χ1) is 17.8. The van der Waals surface area contributed by atoms with Crippen LogP contribution in [0.15, 0.2) is 60.9 Å². The lowest BCUT2D eigenvalue weighted by Crippen LogP contribution is -2.54. The summed E-state index contributed by atoms with van der Waals surface area (Å²) in [7, 11) is 6.10. The molecule has 2 aliphatic heterocycles. The number of benzene rings is 2. The van der Waals surface area contributed by atoms with Crippen molar-refractivity contribution in [1.29, 1.82) is 0 Å². The van der Waals surface area contributed by atoms with Crippen molar-refractivity contribution in [2.75, 3.05) is 32.6 Å². The summed E-state index contributed by atoms with van der Waals surface area (Å²) >= 11 is 0. The number of urea groups is 1. The Balaban J connectivity index is 1.21. The maximum absolute atomic E-state index is 13.1. The van der Waals surface area contributed by atoms with Crippen molar-refractivity contribution in [3.63, 3.8) is 0 Å². The molecule has 2 fully saturated rings. The molecular weight excluding hydrogens is 464 g/mol. The number of fused-ring (bicyclic) bond motifs is 1. The van der Waals surface area contributed by atoms with Crippen molar-refractivity contribution in [3.8, 4) is 11.4 Å². The molecule has 1 spiro atoms. The van der Waals surface area contributed by atoms with Crippen LogP contribution in [0.4, 0.5) is 10.5 Å². The first-order valence-corrected chi connectivity index (χ1v) is 12.8. The molecule has 1 N–H and O–H groups in total. The van der Waals surface area contributed by atoms with Crippen LogP contribution in [0.2, 0.25) is 0 Å². The Morgan fingerprint density at radius 3 is 2.24 bits per heavy atom. The van der Waals surface area contributed by atoms with E-state index in [0.29, 0.717) is 30.2 Å². The molecule has 3 heterocycles. The molecule has 0 unspecified atom stereocenters. The summed E-state index contributed by atoms with van der Waals surface area (Å²) in [5.74, 6) is 0.583. The van der Waals surface area contributed by atoms with Gasteiger partial charge in [0.15, 0.2) is 5.82 Å². The van der Waals surface area contributed by atoms with E-state index in [9.17, 15) is 9.59 Å². The van der Waals surface area contributed by atoms with E-state index in [1.165, 1.54) is 5.56 Å². The Morgan fingerprint density at radius 1 is 0.892 bits per heavy atom. The Bertz CT molecular complexity index is 1350. The van der Waals surface area contributed by atoms with Gasteiger partial charge in [-0.3, -0.25) is 14.6 Å². The van der Waals surface area contributed by atoms with E-state index in [1.54, 1.807) is 29.2 Å². The number of nitrogens with zero attached hydrogens (tertiary/aromatic N) is 5. The van der Waals surface area contributed by atoms with Gasteiger partial charge < -0.3 is 10.2 Å². The van der Waals surface area contributed by atoms with Gasteiger partial charge in [-0.25, -0.2) is 14.8 Å². The zero-order valence-electron chi connectivity index (χ0n) is 21.6. The molecule has 3 aliphatic rings. The van der Waals surface area contributed by atoms with Crippen LogP contribution >= 0.6 is 0 Å². The Labute approximate surface area is 217 Å². The Kier molecular flexibility index (Phi) is 5.53. The highest BCUT2D eigenvalue weighted by molar-refractivity contribution is 6.00. The highest BCUT2D eigenvalue weighted by Gasteiger charge is 2.50. The number of anilines is 1. The van der Waals surface area contributed by atoms with Gasteiger partial charge in [0.1, 0.15) is 0 Å². The molecule has 37 heavy (non-hydrogen) atoms. The van der Waals surface area contributed by atoms with Gasteiger partial charge in [0.2, 0.25) is 0 Å².